The number of nitrogens with one attached hydrogen (secondary N) is 2. The molecule has 1 aromatic carbocycles. The van der Waals surface area contributed by atoms with Crippen LogP contribution in [0, 0.1) is 0 Å². The minimum absolute atomic E-state index is 0.646. The van der Waals surface area contributed by atoms with E-state index >= 15 is 0 Å². The van der Waals surface area contributed by atoms with Crippen molar-refractivity contribution in [3.63, 3.8) is 0 Å². The minimum Gasteiger partial charge on any atom is -0.492 e. The number of morpholine rings is 1. The topological polar surface area (TPSA) is 67.4 Å². The first-order valence-electron chi connectivity index (χ1n) is 8.77. The van der Waals surface area contributed by atoms with Gasteiger partial charge in [-0.05, 0) is 17.7 Å². The Kier molecular flexibility index (Phi) is 9.11. The Morgan fingerprint density at radius 2 is 2.08 bits per heavy atom. The van der Waals surface area contributed by atoms with Crippen LogP contribution in [0.2, 0.25) is 0 Å². The fourth-order valence-electron chi connectivity index (χ4n) is 2.54. The molecular formula is C18H30N4O3. The second kappa shape index (κ2) is 11.7. The maximum atomic E-state index is 5.89. The third-order valence-corrected chi connectivity index (χ3v) is 3.96. The highest BCUT2D eigenvalue weighted by molar-refractivity contribution is 5.79. The van der Waals surface area contributed by atoms with E-state index in [1.165, 1.54) is 0 Å². The van der Waals surface area contributed by atoms with Crippen LogP contribution >= 0.6 is 0 Å². The molecule has 2 rings (SSSR count). The van der Waals surface area contributed by atoms with Crippen LogP contribution in [-0.4, -0.2) is 77.6 Å². The lowest BCUT2D eigenvalue weighted by molar-refractivity contribution is 0.0322. The van der Waals surface area contributed by atoms with E-state index in [2.05, 4.69) is 32.7 Å². The molecule has 7 nitrogen and oxygen atoms in total. The molecular weight excluding hydrogens is 320 g/mol. The Bertz CT molecular complexity index is 519. The SMILES string of the molecule is CN=C(NCCOC)NCc1cccc(OCCN2CCOCC2)c1. The molecule has 1 saturated heterocycles. The highest BCUT2D eigenvalue weighted by Crippen LogP contribution is 2.13. The average Bonchev–Trinajstić information content (AvgIpc) is 2.66. The van der Waals surface area contributed by atoms with E-state index in [9.17, 15) is 0 Å². The van der Waals surface area contributed by atoms with Gasteiger partial charge in [0.2, 0.25) is 0 Å². The molecule has 2 N–H and O–H groups in total. The number of benzene rings is 1. The summed E-state index contributed by atoms with van der Waals surface area (Å²) < 4.78 is 16.3. The van der Waals surface area contributed by atoms with Gasteiger partial charge in [-0.15, -0.1) is 0 Å². The maximum Gasteiger partial charge on any atom is 0.191 e. The number of guanidine groups is 1. The lowest BCUT2D eigenvalue weighted by atomic mass is 10.2. The van der Waals surface area contributed by atoms with Crippen LogP contribution in [0.25, 0.3) is 0 Å². The molecule has 140 valence electrons. The monoisotopic (exact) mass is 350 g/mol. The van der Waals surface area contributed by atoms with Gasteiger partial charge in [0.1, 0.15) is 12.4 Å². The van der Waals surface area contributed by atoms with Gasteiger partial charge in [-0.1, -0.05) is 12.1 Å². The largest absolute Gasteiger partial charge is 0.492 e. The summed E-state index contributed by atoms with van der Waals surface area (Å²) in [5.41, 5.74) is 1.15. The van der Waals surface area contributed by atoms with Crippen LogP contribution in [0.3, 0.4) is 0 Å². The molecule has 25 heavy (non-hydrogen) atoms. The van der Waals surface area contributed by atoms with Gasteiger partial charge in [-0.25, -0.2) is 0 Å². The second-order valence-corrected chi connectivity index (χ2v) is 5.80. The number of nitrogens with zero attached hydrogens (tertiary/aromatic N) is 2. The van der Waals surface area contributed by atoms with Gasteiger partial charge < -0.3 is 24.8 Å². The van der Waals surface area contributed by atoms with Crippen molar-refractivity contribution in [1.29, 1.82) is 0 Å². The highest BCUT2D eigenvalue weighted by Gasteiger charge is 2.09. The normalized spacial score (nSPS) is 15.8. The molecule has 1 aliphatic heterocycles. The molecule has 1 aliphatic rings. The molecule has 0 radical (unpaired) electrons. The second-order valence-electron chi connectivity index (χ2n) is 5.80. The Hall–Kier alpha value is -1.83. The van der Waals surface area contributed by atoms with Crippen LogP contribution < -0.4 is 15.4 Å². The Morgan fingerprint density at radius 1 is 1.24 bits per heavy atom. The quantitative estimate of drug-likeness (QED) is 0.388. The first-order chi connectivity index (χ1) is 12.3. The molecule has 0 saturated carbocycles. The number of hydrogen-bond acceptors (Lipinski definition) is 5. The van der Waals surface area contributed by atoms with Crippen molar-refractivity contribution in [1.82, 2.24) is 15.5 Å². The molecule has 0 amide bonds. The molecule has 0 aliphatic carbocycles. The lowest BCUT2D eigenvalue weighted by Gasteiger charge is -2.26. The van der Waals surface area contributed by atoms with Gasteiger partial charge in [-0.2, -0.15) is 0 Å². The summed E-state index contributed by atoms with van der Waals surface area (Å²) in [6.45, 7) is 7.30. The number of hydrogen-bond donors (Lipinski definition) is 2. The third kappa shape index (κ3) is 7.72. The summed E-state index contributed by atoms with van der Waals surface area (Å²) in [5, 5.41) is 6.48. The molecule has 1 heterocycles. The Morgan fingerprint density at radius 3 is 2.84 bits per heavy atom. The van der Waals surface area contributed by atoms with Crippen molar-refractivity contribution in [2.75, 3.05) is 66.8 Å². The van der Waals surface area contributed by atoms with Crippen LogP contribution in [0.5, 0.6) is 5.75 Å². The van der Waals surface area contributed by atoms with E-state index in [0.717, 1.165) is 56.7 Å². The van der Waals surface area contributed by atoms with Crippen LogP contribution in [-0.2, 0) is 16.0 Å². The van der Waals surface area contributed by atoms with Crippen LogP contribution in [0.1, 0.15) is 5.56 Å². The van der Waals surface area contributed by atoms with Crippen molar-refractivity contribution in [2.24, 2.45) is 4.99 Å². The van der Waals surface area contributed by atoms with Gasteiger partial charge in [-0.3, -0.25) is 9.89 Å². The van der Waals surface area contributed by atoms with Gasteiger partial charge in [0, 0.05) is 46.9 Å². The van der Waals surface area contributed by atoms with Gasteiger partial charge >= 0.3 is 0 Å². The highest BCUT2D eigenvalue weighted by atomic mass is 16.5. The number of aliphatic imine (C=N–C) groups is 1. The van der Waals surface area contributed by atoms with Crippen LogP contribution in [0.15, 0.2) is 29.3 Å². The minimum atomic E-state index is 0.646. The molecule has 0 aromatic heterocycles. The zero-order valence-corrected chi connectivity index (χ0v) is 15.3. The fraction of sp³-hybridized carbons (Fsp3) is 0.611. The summed E-state index contributed by atoms with van der Waals surface area (Å²) in [5.74, 6) is 1.66. The standard InChI is InChI=1S/C18H30N4O3/c1-19-18(20-6-10-23-2)21-15-16-4-3-5-17(14-16)25-13-9-22-7-11-24-12-8-22/h3-5,14H,6-13,15H2,1-2H3,(H2,19,20,21). The predicted molar refractivity (Wildman–Crippen MR) is 99.3 cm³/mol. The van der Waals surface area contributed by atoms with Gasteiger partial charge in [0.15, 0.2) is 5.96 Å². The molecule has 0 unspecified atom stereocenters. The summed E-state index contributed by atoms with van der Waals surface area (Å²) >= 11 is 0. The van der Waals surface area contributed by atoms with E-state index in [0.29, 0.717) is 19.8 Å². The average molecular weight is 350 g/mol. The maximum absolute atomic E-state index is 5.89. The number of rotatable bonds is 9. The smallest absolute Gasteiger partial charge is 0.191 e. The third-order valence-electron chi connectivity index (χ3n) is 3.96. The van der Waals surface area contributed by atoms with Gasteiger partial charge in [0.25, 0.3) is 0 Å². The van der Waals surface area contributed by atoms with Crippen molar-refractivity contribution in [2.45, 2.75) is 6.54 Å². The fourth-order valence-corrected chi connectivity index (χ4v) is 2.54. The van der Waals surface area contributed by atoms with E-state index in [1.807, 2.05) is 12.1 Å². The van der Waals surface area contributed by atoms with Gasteiger partial charge in [0.05, 0.1) is 19.8 Å². The summed E-state index contributed by atoms with van der Waals surface area (Å²) in [4.78, 5) is 6.56. The summed E-state index contributed by atoms with van der Waals surface area (Å²) in [6, 6.07) is 8.15. The Labute approximate surface area is 150 Å². The summed E-state index contributed by atoms with van der Waals surface area (Å²) in [6.07, 6.45) is 0. The zero-order valence-electron chi connectivity index (χ0n) is 15.3. The Balaban J connectivity index is 1.72. The van der Waals surface area contributed by atoms with Crippen LogP contribution in [0.4, 0.5) is 0 Å². The van der Waals surface area contributed by atoms with Crippen molar-refractivity contribution >= 4 is 5.96 Å². The molecule has 0 atom stereocenters. The molecule has 1 aromatic rings. The zero-order chi connectivity index (χ0) is 17.7. The predicted octanol–water partition coefficient (Wildman–Crippen LogP) is 0.709. The molecule has 7 heteroatoms. The van der Waals surface area contributed by atoms with Crippen molar-refractivity contribution in [3.8, 4) is 5.75 Å². The van der Waals surface area contributed by atoms with Crippen molar-refractivity contribution < 1.29 is 14.2 Å². The van der Waals surface area contributed by atoms with Crippen molar-refractivity contribution in [3.05, 3.63) is 29.8 Å². The van der Waals surface area contributed by atoms with E-state index in [1.54, 1.807) is 14.2 Å². The van der Waals surface area contributed by atoms with E-state index < -0.39 is 0 Å². The first kappa shape index (κ1) is 19.5. The molecule has 0 spiro atoms. The number of ether oxygens (including phenoxy) is 3. The summed E-state index contributed by atoms with van der Waals surface area (Å²) in [7, 11) is 3.44. The van der Waals surface area contributed by atoms with E-state index in [-0.39, 0.29) is 0 Å². The molecule has 0 bridgehead atoms. The lowest BCUT2D eigenvalue weighted by Crippen LogP contribution is -2.38. The van der Waals surface area contributed by atoms with E-state index in [4.69, 9.17) is 14.2 Å². The number of methoxy groups -OCH3 is 1. The molecule has 1 fully saturated rings. The first-order valence-corrected chi connectivity index (χ1v) is 8.77.